The molecule has 8 nitrogen and oxygen atoms in total. The molecule has 0 aliphatic carbocycles. The van der Waals surface area contributed by atoms with Crippen LogP contribution < -0.4 is 5.32 Å². The van der Waals surface area contributed by atoms with Crippen LogP contribution >= 0.6 is 0 Å². The molecule has 0 radical (unpaired) electrons. The molecule has 0 saturated carbocycles. The van der Waals surface area contributed by atoms with E-state index in [2.05, 4.69) is 10.3 Å². The molecule has 3 N–H and O–H groups in total. The van der Waals surface area contributed by atoms with Crippen molar-refractivity contribution in [1.82, 2.24) is 15.2 Å². The Labute approximate surface area is 115 Å². The summed E-state index contributed by atoms with van der Waals surface area (Å²) in [6.45, 7) is 2.01. The summed E-state index contributed by atoms with van der Waals surface area (Å²) in [5, 5.41) is 21.0. The lowest BCUT2D eigenvalue weighted by Gasteiger charge is -2.21. The number of carboxylic acids is 1. The molecule has 2 heterocycles. The average Bonchev–Trinajstić information content (AvgIpc) is 3.02. The maximum atomic E-state index is 11.9. The summed E-state index contributed by atoms with van der Waals surface area (Å²) in [7, 11) is 0. The van der Waals surface area contributed by atoms with Gasteiger partial charge >= 0.3 is 12.0 Å². The molecule has 2 atom stereocenters. The van der Waals surface area contributed by atoms with Gasteiger partial charge in [-0.1, -0.05) is 6.92 Å². The molecule has 110 valence electrons. The third-order valence-electron chi connectivity index (χ3n) is 3.17. The van der Waals surface area contributed by atoms with E-state index in [1.54, 1.807) is 6.20 Å². The number of hydrogen-bond donors (Lipinski definition) is 3. The molecule has 0 aromatic carbocycles. The van der Waals surface area contributed by atoms with Crippen LogP contribution in [0.4, 0.5) is 4.79 Å². The van der Waals surface area contributed by atoms with Crippen molar-refractivity contribution >= 4 is 12.0 Å². The normalized spacial score (nSPS) is 22.0. The van der Waals surface area contributed by atoms with Crippen molar-refractivity contribution in [2.24, 2.45) is 0 Å². The minimum atomic E-state index is -1.12. The number of rotatable bonds is 4. The third kappa shape index (κ3) is 3.08. The number of carboxylic acid groups (broad SMARTS) is 1. The number of aliphatic hydroxyl groups excluding tert-OH is 1. The number of carbonyl (C=O) groups excluding carboxylic acids is 1. The Morgan fingerprint density at radius 3 is 2.95 bits per heavy atom. The van der Waals surface area contributed by atoms with Crippen LogP contribution in [-0.2, 0) is 17.8 Å². The van der Waals surface area contributed by atoms with Crippen LogP contribution in [-0.4, -0.2) is 50.8 Å². The zero-order valence-corrected chi connectivity index (χ0v) is 11.1. The third-order valence-corrected chi connectivity index (χ3v) is 3.17. The largest absolute Gasteiger partial charge is 0.480 e. The number of amides is 2. The van der Waals surface area contributed by atoms with Crippen molar-refractivity contribution in [3.63, 3.8) is 0 Å². The lowest BCUT2D eigenvalue weighted by molar-refractivity contribution is -0.141. The van der Waals surface area contributed by atoms with Gasteiger partial charge in [0, 0.05) is 19.4 Å². The Morgan fingerprint density at radius 1 is 1.60 bits per heavy atom. The summed E-state index contributed by atoms with van der Waals surface area (Å²) < 4.78 is 5.33. The van der Waals surface area contributed by atoms with Crippen LogP contribution in [0.25, 0.3) is 0 Å². The van der Waals surface area contributed by atoms with Crippen LogP contribution in [0.1, 0.15) is 25.0 Å². The van der Waals surface area contributed by atoms with E-state index in [0.29, 0.717) is 18.1 Å². The molecule has 0 unspecified atom stereocenters. The first kappa shape index (κ1) is 14.3. The first-order chi connectivity index (χ1) is 9.51. The van der Waals surface area contributed by atoms with Crippen molar-refractivity contribution in [3.8, 4) is 0 Å². The first-order valence-electron chi connectivity index (χ1n) is 6.40. The number of nitrogens with one attached hydrogen (secondary N) is 1. The number of aliphatic hydroxyl groups is 1. The quantitative estimate of drug-likeness (QED) is 0.714. The number of urea groups is 1. The molecule has 1 fully saturated rings. The standard InChI is InChI=1S/C12H17N3O5/c1-2-8-4-13-10(20-8)5-14-12(19)15-6-7(16)3-9(15)11(17)18/h4,7,9,16H,2-3,5-6H2,1H3,(H,14,19)(H,17,18)/t7-,9-/m0/s1. The lowest BCUT2D eigenvalue weighted by atomic mass is 10.2. The predicted octanol–water partition coefficient (Wildman–Crippen LogP) is -0.0336. The van der Waals surface area contributed by atoms with Crippen LogP contribution in [0.15, 0.2) is 10.6 Å². The minimum absolute atomic E-state index is 0.00853. The topological polar surface area (TPSA) is 116 Å². The molecule has 2 amide bonds. The molecule has 0 spiro atoms. The van der Waals surface area contributed by atoms with E-state index in [-0.39, 0.29) is 19.5 Å². The molecular weight excluding hydrogens is 266 g/mol. The fourth-order valence-electron chi connectivity index (χ4n) is 2.12. The molecule has 1 aromatic rings. The zero-order chi connectivity index (χ0) is 14.7. The number of aliphatic carboxylic acids is 1. The highest BCUT2D eigenvalue weighted by atomic mass is 16.4. The van der Waals surface area contributed by atoms with Gasteiger partial charge in [-0.15, -0.1) is 0 Å². The Balaban J connectivity index is 1.92. The molecule has 1 aliphatic rings. The van der Waals surface area contributed by atoms with Crippen LogP contribution in [0.5, 0.6) is 0 Å². The number of carbonyl (C=O) groups is 2. The van der Waals surface area contributed by atoms with E-state index in [0.717, 1.165) is 4.90 Å². The molecule has 1 saturated heterocycles. The summed E-state index contributed by atoms with van der Waals surface area (Å²) in [4.78, 5) is 28.0. The van der Waals surface area contributed by atoms with Gasteiger partial charge in [0.25, 0.3) is 0 Å². The van der Waals surface area contributed by atoms with E-state index in [1.807, 2.05) is 6.92 Å². The Bertz CT molecular complexity index is 501. The van der Waals surface area contributed by atoms with Gasteiger partial charge < -0.3 is 24.8 Å². The van der Waals surface area contributed by atoms with Gasteiger partial charge in [-0.25, -0.2) is 14.6 Å². The van der Waals surface area contributed by atoms with Crippen LogP contribution in [0, 0.1) is 0 Å². The molecule has 8 heteroatoms. The maximum Gasteiger partial charge on any atom is 0.326 e. The number of aromatic nitrogens is 1. The number of β-amino-alcohol motifs (C(OH)–C–C–N with tert-alkyl or cyclic N) is 1. The maximum absolute atomic E-state index is 11.9. The van der Waals surface area contributed by atoms with Crippen molar-refractivity contribution < 1.29 is 24.2 Å². The Kier molecular flexibility index (Phi) is 4.23. The average molecular weight is 283 g/mol. The van der Waals surface area contributed by atoms with Crippen molar-refractivity contribution in [2.75, 3.05) is 6.54 Å². The fourth-order valence-corrected chi connectivity index (χ4v) is 2.12. The van der Waals surface area contributed by atoms with Gasteiger partial charge in [0.1, 0.15) is 11.8 Å². The van der Waals surface area contributed by atoms with Crippen LogP contribution in [0.2, 0.25) is 0 Å². The summed E-state index contributed by atoms with van der Waals surface area (Å²) in [5.41, 5.74) is 0. The molecule has 1 aromatic heterocycles. The summed E-state index contributed by atoms with van der Waals surface area (Å²) in [6.07, 6.45) is 1.53. The highest BCUT2D eigenvalue weighted by Crippen LogP contribution is 2.18. The lowest BCUT2D eigenvalue weighted by Crippen LogP contribution is -2.46. The van der Waals surface area contributed by atoms with E-state index in [1.165, 1.54) is 0 Å². The highest BCUT2D eigenvalue weighted by molar-refractivity contribution is 5.83. The summed E-state index contributed by atoms with van der Waals surface area (Å²) in [6, 6.07) is -1.55. The van der Waals surface area contributed by atoms with E-state index >= 15 is 0 Å². The SMILES string of the molecule is CCc1cnc(CNC(=O)N2C[C@@H](O)C[C@H]2C(=O)O)o1. The van der Waals surface area contributed by atoms with E-state index in [4.69, 9.17) is 9.52 Å². The predicted molar refractivity (Wildman–Crippen MR) is 66.9 cm³/mol. The Hall–Kier alpha value is -2.09. The van der Waals surface area contributed by atoms with E-state index in [9.17, 15) is 14.7 Å². The molecule has 1 aliphatic heterocycles. The van der Waals surface area contributed by atoms with Gasteiger partial charge in [0.2, 0.25) is 5.89 Å². The summed E-state index contributed by atoms with van der Waals surface area (Å²) in [5.74, 6) is -0.0443. The second-order valence-electron chi connectivity index (χ2n) is 4.63. The second-order valence-corrected chi connectivity index (χ2v) is 4.63. The molecule has 0 bridgehead atoms. The van der Waals surface area contributed by atoms with Gasteiger partial charge in [-0.05, 0) is 0 Å². The number of nitrogens with zero attached hydrogens (tertiary/aromatic N) is 2. The second kappa shape index (κ2) is 5.91. The number of likely N-dealkylation sites (tertiary alicyclic amines) is 1. The van der Waals surface area contributed by atoms with Crippen molar-refractivity contribution in [2.45, 2.75) is 38.5 Å². The van der Waals surface area contributed by atoms with Crippen molar-refractivity contribution in [3.05, 3.63) is 17.8 Å². The van der Waals surface area contributed by atoms with E-state index < -0.39 is 24.1 Å². The molecular formula is C12H17N3O5. The molecule has 2 rings (SSSR count). The summed E-state index contributed by atoms with van der Waals surface area (Å²) >= 11 is 0. The van der Waals surface area contributed by atoms with Gasteiger partial charge in [0.05, 0.1) is 18.8 Å². The zero-order valence-electron chi connectivity index (χ0n) is 11.1. The minimum Gasteiger partial charge on any atom is -0.480 e. The smallest absolute Gasteiger partial charge is 0.326 e. The highest BCUT2D eigenvalue weighted by Gasteiger charge is 2.38. The Morgan fingerprint density at radius 2 is 2.35 bits per heavy atom. The fraction of sp³-hybridized carbons (Fsp3) is 0.583. The van der Waals surface area contributed by atoms with Gasteiger partial charge in [0.15, 0.2) is 0 Å². The number of hydrogen-bond acceptors (Lipinski definition) is 5. The number of oxazole rings is 1. The monoisotopic (exact) mass is 283 g/mol. The molecule has 20 heavy (non-hydrogen) atoms. The van der Waals surface area contributed by atoms with Crippen molar-refractivity contribution in [1.29, 1.82) is 0 Å². The first-order valence-corrected chi connectivity index (χ1v) is 6.40. The van der Waals surface area contributed by atoms with Gasteiger partial charge in [-0.3, -0.25) is 0 Å². The number of aryl methyl sites for hydroxylation is 1. The van der Waals surface area contributed by atoms with Crippen LogP contribution in [0.3, 0.4) is 0 Å². The van der Waals surface area contributed by atoms with Gasteiger partial charge in [-0.2, -0.15) is 0 Å².